The van der Waals surface area contributed by atoms with E-state index >= 15 is 0 Å². The van der Waals surface area contributed by atoms with Gasteiger partial charge in [0.2, 0.25) is 11.0 Å². The van der Waals surface area contributed by atoms with Crippen molar-refractivity contribution < 1.29 is 4.79 Å². The summed E-state index contributed by atoms with van der Waals surface area (Å²) in [4.78, 5) is 11.7. The van der Waals surface area contributed by atoms with Crippen molar-refractivity contribution in [2.24, 2.45) is 5.73 Å². The van der Waals surface area contributed by atoms with Gasteiger partial charge < -0.3 is 5.73 Å². The van der Waals surface area contributed by atoms with Crippen molar-refractivity contribution in [2.75, 3.05) is 5.32 Å². The van der Waals surface area contributed by atoms with E-state index in [1.807, 2.05) is 30.3 Å². The van der Waals surface area contributed by atoms with Crippen LogP contribution < -0.4 is 11.1 Å². The van der Waals surface area contributed by atoms with Gasteiger partial charge in [-0.2, -0.15) is 0 Å². The van der Waals surface area contributed by atoms with Gasteiger partial charge in [0.1, 0.15) is 5.51 Å². The number of aromatic nitrogens is 2. The molecule has 0 unspecified atom stereocenters. The van der Waals surface area contributed by atoms with Crippen molar-refractivity contribution in [3.63, 3.8) is 0 Å². The molecule has 0 aliphatic rings. The van der Waals surface area contributed by atoms with E-state index in [-0.39, 0.29) is 5.91 Å². The van der Waals surface area contributed by atoms with E-state index in [0.717, 1.165) is 5.56 Å². The number of hydrogen-bond donors (Lipinski definition) is 2. The van der Waals surface area contributed by atoms with Crippen molar-refractivity contribution in [2.45, 2.75) is 12.5 Å². The molecule has 1 heterocycles. The Morgan fingerprint density at radius 3 is 2.82 bits per heavy atom. The van der Waals surface area contributed by atoms with Gasteiger partial charge in [0.05, 0.1) is 6.04 Å². The molecule has 5 nitrogen and oxygen atoms in total. The number of hydrogen-bond acceptors (Lipinski definition) is 5. The minimum Gasteiger partial charge on any atom is -0.320 e. The van der Waals surface area contributed by atoms with Gasteiger partial charge in [0, 0.05) is 0 Å². The van der Waals surface area contributed by atoms with Crippen molar-refractivity contribution >= 4 is 22.4 Å². The molecular formula is C11H12N4OS. The Balaban J connectivity index is 1.92. The standard InChI is InChI=1S/C11H12N4OS/c12-9(6-8-4-2-1-3-5-8)10(16)14-11-15-13-7-17-11/h1-5,7,9H,6,12H2,(H,14,15,16)/t9-/m0/s1. The Hall–Kier alpha value is -1.79. The summed E-state index contributed by atoms with van der Waals surface area (Å²) in [5.74, 6) is -0.245. The highest BCUT2D eigenvalue weighted by atomic mass is 32.1. The minimum absolute atomic E-state index is 0.245. The van der Waals surface area contributed by atoms with Gasteiger partial charge in [0.15, 0.2) is 0 Å². The molecule has 1 atom stereocenters. The van der Waals surface area contributed by atoms with Crippen molar-refractivity contribution in [1.29, 1.82) is 0 Å². The van der Waals surface area contributed by atoms with Crippen molar-refractivity contribution in [3.05, 3.63) is 41.4 Å². The predicted octanol–water partition coefficient (Wildman–Crippen LogP) is 1.05. The van der Waals surface area contributed by atoms with Crippen molar-refractivity contribution in [1.82, 2.24) is 10.2 Å². The summed E-state index contributed by atoms with van der Waals surface area (Å²) >= 11 is 1.27. The van der Waals surface area contributed by atoms with E-state index in [4.69, 9.17) is 5.73 Å². The van der Waals surface area contributed by atoms with Crippen LogP contribution in [0.25, 0.3) is 0 Å². The third kappa shape index (κ3) is 3.33. The molecule has 0 aliphatic carbocycles. The summed E-state index contributed by atoms with van der Waals surface area (Å²) < 4.78 is 0. The van der Waals surface area contributed by atoms with Crippen LogP contribution in [0.3, 0.4) is 0 Å². The molecule has 1 amide bonds. The van der Waals surface area contributed by atoms with Crippen LogP contribution >= 0.6 is 11.3 Å². The third-order valence-corrected chi connectivity index (χ3v) is 2.83. The number of benzene rings is 1. The zero-order chi connectivity index (χ0) is 12.1. The van der Waals surface area contributed by atoms with Gasteiger partial charge >= 0.3 is 0 Å². The van der Waals surface area contributed by atoms with Gasteiger partial charge in [0.25, 0.3) is 0 Å². The molecule has 6 heteroatoms. The zero-order valence-corrected chi connectivity index (χ0v) is 9.85. The molecule has 0 saturated carbocycles. The Kier molecular flexibility index (Phi) is 3.79. The summed E-state index contributed by atoms with van der Waals surface area (Å²) in [7, 11) is 0. The van der Waals surface area contributed by atoms with Crippen molar-refractivity contribution in [3.8, 4) is 0 Å². The lowest BCUT2D eigenvalue weighted by Crippen LogP contribution is -2.37. The lowest BCUT2D eigenvalue weighted by atomic mass is 10.1. The number of carbonyl (C=O) groups is 1. The lowest BCUT2D eigenvalue weighted by molar-refractivity contribution is -0.117. The molecule has 1 aromatic carbocycles. The molecule has 2 aromatic rings. The summed E-state index contributed by atoms with van der Waals surface area (Å²) in [5, 5.41) is 10.5. The number of nitrogens with one attached hydrogen (secondary N) is 1. The first-order valence-electron chi connectivity index (χ1n) is 5.12. The molecule has 0 aliphatic heterocycles. The first-order chi connectivity index (χ1) is 8.25. The molecule has 2 rings (SSSR count). The second-order valence-electron chi connectivity index (χ2n) is 3.53. The van der Waals surface area contributed by atoms with E-state index in [0.29, 0.717) is 11.6 Å². The Bertz CT molecular complexity index is 471. The third-order valence-electron chi connectivity index (χ3n) is 2.23. The van der Waals surface area contributed by atoms with Crippen LogP contribution in [0, 0.1) is 0 Å². The lowest BCUT2D eigenvalue weighted by Gasteiger charge is -2.10. The van der Waals surface area contributed by atoms with E-state index in [2.05, 4.69) is 15.5 Å². The average molecular weight is 248 g/mol. The molecule has 0 radical (unpaired) electrons. The summed E-state index contributed by atoms with van der Waals surface area (Å²) in [6.07, 6.45) is 0.505. The number of anilines is 1. The fourth-order valence-corrected chi connectivity index (χ4v) is 1.83. The van der Waals surface area contributed by atoms with Gasteiger partial charge in [-0.15, -0.1) is 10.2 Å². The van der Waals surface area contributed by atoms with E-state index in [1.54, 1.807) is 5.51 Å². The number of nitrogens with zero attached hydrogens (tertiary/aromatic N) is 2. The maximum Gasteiger partial charge on any atom is 0.243 e. The minimum atomic E-state index is -0.582. The van der Waals surface area contributed by atoms with Crippen LogP contribution in [0.1, 0.15) is 5.56 Å². The number of carbonyl (C=O) groups excluding carboxylic acids is 1. The smallest absolute Gasteiger partial charge is 0.243 e. The van der Waals surface area contributed by atoms with E-state index < -0.39 is 6.04 Å². The first-order valence-corrected chi connectivity index (χ1v) is 6.00. The summed E-state index contributed by atoms with van der Waals surface area (Å²) in [6, 6.07) is 9.07. The topological polar surface area (TPSA) is 80.9 Å². The Morgan fingerprint density at radius 1 is 1.41 bits per heavy atom. The molecule has 88 valence electrons. The van der Waals surface area contributed by atoms with Gasteiger partial charge in [-0.05, 0) is 12.0 Å². The highest BCUT2D eigenvalue weighted by Crippen LogP contribution is 2.09. The summed E-state index contributed by atoms with van der Waals surface area (Å²) in [5.41, 5.74) is 8.40. The van der Waals surface area contributed by atoms with E-state index in [9.17, 15) is 4.79 Å². The average Bonchev–Trinajstić information content (AvgIpc) is 2.83. The van der Waals surface area contributed by atoms with Crippen LogP contribution in [0.4, 0.5) is 5.13 Å². The zero-order valence-electron chi connectivity index (χ0n) is 9.04. The first kappa shape index (κ1) is 11.7. The second-order valence-corrected chi connectivity index (χ2v) is 4.36. The quantitative estimate of drug-likeness (QED) is 0.847. The van der Waals surface area contributed by atoms with Crippen LogP contribution in [-0.4, -0.2) is 22.1 Å². The maximum absolute atomic E-state index is 11.7. The molecule has 17 heavy (non-hydrogen) atoms. The Morgan fingerprint density at radius 2 is 2.18 bits per heavy atom. The molecule has 3 N–H and O–H groups in total. The van der Waals surface area contributed by atoms with Crippen LogP contribution in [0.5, 0.6) is 0 Å². The van der Waals surface area contributed by atoms with Crippen LogP contribution in [-0.2, 0) is 11.2 Å². The number of nitrogens with two attached hydrogens (primary N) is 1. The van der Waals surface area contributed by atoms with E-state index in [1.165, 1.54) is 11.3 Å². The monoisotopic (exact) mass is 248 g/mol. The second kappa shape index (κ2) is 5.51. The van der Waals surface area contributed by atoms with Crippen LogP contribution in [0.2, 0.25) is 0 Å². The molecule has 0 fully saturated rings. The normalized spacial score (nSPS) is 12.1. The van der Waals surface area contributed by atoms with Gasteiger partial charge in [-0.3, -0.25) is 10.1 Å². The Labute approximate surface area is 103 Å². The molecule has 0 saturated heterocycles. The molecule has 1 aromatic heterocycles. The predicted molar refractivity (Wildman–Crippen MR) is 66.7 cm³/mol. The maximum atomic E-state index is 11.7. The highest BCUT2D eigenvalue weighted by Gasteiger charge is 2.15. The largest absolute Gasteiger partial charge is 0.320 e. The molecular weight excluding hydrogens is 236 g/mol. The fourth-order valence-electron chi connectivity index (χ4n) is 1.39. The molecule has 0 bridgehead atoms. The fraction of sp³-hybridized carbons (Fsp3) is 0.182. The van der Waals surface area contributed by atoms with Gasteiger partial charge in [-0.25, -0.2) is 0 Å². The van der Waals surface area contributed by atoms with Gasteiger partial charge in [-0.1, -0.05) is 41.7 Å². The molecule has 0 spiro atoms. The number of amides is 1. The summed E-state index contributed by atoms with van der Waals surface area (Å²) in [6.45, 7) is 0. The number of rotatable bonds is 4. The SMILES string of the molecule is N[C@@H](Cc1ccccc1)C(=O)Nc1nncs1. The highest BCUT2D eigenvalue weighted by molar-refractivity contribution is 7.13. The van der Waals surface area contributed by atoms with Crippen LogP contribution in [0.15, 0.2) is 35.8 Å².